The lowest BCUT2D eigenvalue weighted by Gasteiger charge is -2.08. The van der Waals surface area contributed by atoms with Gasteiger partial charge in [-0.2, -0.15) is 5.10 Å². The highest BCUT2D eigenvalue weighted by atomic mass is 35.5. The first-order valence-corrected chi connectivity index (χ1v) is 8.79. The fourth-order valence-electron chi connectivity index (χ4n) is 2.57. The fraction of sp³-hybridized carbons (Fsp3) is 0.150. The molecule has 2 aromatic carbocycles. The van der Waals surface area contributed by atoms with Gasteiger partial charge >= 0.3 is 5.97 Å². The number of nitrogens with zero attached hydrogens (tertiary/aromatic N) is 2. The quantitative estimate of drug-likeness (QED) is 0.640. The number of carbonyl (C=O) groups excluding carboxylic acids is 2. The Hall–Kier alpha value is -3.32. The smallest absolute Gasteiger partial charge is 0.343 e. The number of esters is 1. The molecule has 0 saturated carbocycles. The maximum Gasteiger partial charge on any atom is 0.343 e. The molecule has 0 unspecified atom stereocenters. The number of amides is 1. The number of para-hydroxylation sites is 1. The highest BCUT2D eigenvalue weighted by molar-refractivity contribution is 6.33. The van der Waals surface area contributed by atoms with Crippen LogP contribution in [0.2, 0.25) is 5.15 Å². The van der Waals surface area contributed by atoms with Gasteiger partial charge in [0.1, 0.15) is 16.5 Å². The second kappa shape index (κ2) is 8.58. The lowest BCUT2D eigenvalue weighted by atomic mass is 10.2. The normalized spacial score (nSPS) is 10.4. The van der Waals surface area contributed by atoms with Crippen LogP contribution in [-0.4, -0.2) is 35.4 Å². The van der Waals surface area contributed by atoms with Crippen LogP contribution in [0, 0.1) is 6.92 Å². The Morgan fingerprint density at radius 3 is 2.61 bits per heavy atom. The van der Waals surface area contributed by atoms with Gasteiger partial charge < -0.3 is 14.8 Å². The summed E-state index contributed by atoms with van der Waals surface area (Å²) in [6.07, 6.45) is 0. The van der Waals surface area contributed by atoms with Crippen molar-refractivity contribution in [2.75, 3.05) is 19.0 Å². The van der Waals surface area contributed by atoms with E-state index in [1.54, 1.807) is 31.2 Å². The molecule has 144 valence electrons. The number of nitrogens with one attached hydrogen (secondary N) is 1. The van der Waals surface area contributed by atoms with E-state index in [2.05, 4.69) is 10.4 Å². The Bertz CT molecular complexity index is 1000. The molecular formula is C20H18ClN3O4. The number of benzene rings is 2. The fourth-order valence-corrected chi connectivity index (χ4v) is 2.92. The molecule has 0 fully saturated rings. The predicted octanol–water partition coefficient (Wildman–Crippen LogP) is 3.64. The molecule has 1 heterocycles. The van der Waals surface area contributed by atoms with E-state index in [0.29, 0.717) is 22.8 Å². The van der Waals surface area contributed by atoms with E-state index in [1.807, 2.05) is 30.3 Å². The Morgan fingerprint density at radius 1 is 1.14 bits per heavy atom. The summed E-state index contributed by atoms with van der Waals surface area (Å²) in [6.45, 7) is 1.19. The molecule has 3 aromatic rings. The first-order chi connectivity index (χ1) is 13.5. The zero-order chi connectivity index (χ0) is 20.1. The van der Waals surface area contributed by atoms with Crippen molar-refractivity contribution in [3.8, 4) is 11.4 Å². The first kappa shape index (κ1) is 19.4. The number of hydrogen-bond donors (Lipinski definition) is 1. The minimum absolute atomic E-state index is 0.125. The van der Waals surface area contributed by atoms with Crippen molar-refractivity contribution in [1.29, 1.82) is 0 Å². The van der Waals surface area contributed by atoms with Crippen LogP contribution in [0.3, 0.4) is 0 Å². The Labute approximate surface area is 166 Å². The lowest BCUT2D eigenvalue weighted by molar-refractivity contribution is -0.119. The molecule has 8 heteroatoms. The van der Waals surface area contributed by atoms with E-state index in [0.717, 1.165) is 0 Å². The van der Waals surface area contributed by atoms with Crippen molar-refractivity contribution in [3.63, 3.8) is 0 Å². The molecule has 0 atom stereocenters. The summed E-state index contributed by atoms with van der Waals surface area (Å²) in [5.74, 6) is -0.596. The van der Waals surface area contributed by atoms with Crippen LogP contribution in [0.4, 0.5) is 5.69 Å². The Balaban J connectivity index is 1.66. The third kappa shape index (κ3) is 4.32. The molecule has 0 aliphatic carbocycles. The summed E-state index contributed by atoms with van der Waals surface area (Å²) in [7, 11) is 1.53. The minimum atomic E-state index is -0.717. The Morgan fingerprint density at radius 2 is 1.89 bits per heavy atom. The molecule has 0 aliphatic heterocycles. The van der Waals surface area contributed by atoms with Gasteiger partial charge in [-0.3, -0.25) is 4.79 Å². The maximum atomic E-state index is 12.4. The highest BCUT2D eigenvalue weighted by Gasteiger charge is 2.23. The number of rotatable bonds is 6. The van der Waals surface area contributed by atoms with E-state index in [4.69, 9.17) is 21.1 Å². The van der Waals surface area contributed by atoms with Gasteiger partial charge in [-0.05, 0) is 31.2 Å². The van der Waals surface area contributed by atoms with Crippen molar-refractivity contribution in [2.24, 2.45) is 0 Å². The van der Waals surface area contributed by atoms with Crippen LogP contribution < -0.4 is 10.1 Å². The number of halogens is 1. The number of hydrogen-bond acceptors (Lipinski definition) is 5. The number of carbonyl (C=O) groups is 2. The number of methoxy groups -OCH3 is 1. The van der Waals surface area contributed by atoms with Crippen LogP contribution >= 0.6 is 11.6 Å². The molecule has 28 heavy (non-hydrogen) atoms. The second-order valence-electron chi connectivity index (χ2n) is 5.85. The molecule has 3 rings (SSSR count). The zero-order valence-corrected chi connectivity index (χ0v) is 16.1. The summed E-state index contributed by atoms with van der Waals surface area (Å²) >= 11 is 6.32. The van der Waals surface area contributed by atoms with Crippen molar-refractivity contribution in [2.45, 2.75) is 6.92 Å². The van der Waals surface area contributed by atoms with Gasteiger partial charge in [0.15, 0.2) is 6.61 Å². The molecule has 0 bridgehead atoms. The van der Waals surface area contributed by atoms with Gasteiger partial charge in [0.2, 0.25) is 0 Å². The number of aromatic nitrogens is 2. The van der Waals surface area contributed by atoms with Crippen molar-refractivity contribution in [1.82, 2.24) is 9.78 Å². The van der Waals surface area contributed by atoms with Crippen molar-refractivity contribution < 1.29 is 19.1 Å². The maximum absolute atomic E-state index is 12.4. The van der Waals surface area contributed by atoms with E-state index in [9.17, 15) is 9.59 Å². The van der Waals surface area contributed by atoms with E-state index in [1.165, 1.54) is 11.8 Å². The molecule has 7 nitrogen and oxygen atoms in total. The van der Waals surface area contributed by atoms with E-state index >= 15 is 0 Å². The van der Waals surface area contributed by atoms with Gasteiger partial charge in [-0.15, -0.1) is 0 Å². The standard InChI is InChI=1S/C20H18ClN3O4/c1-13-18(19(21)24(23-13)15-8-4-3-5-9-15)20(26)28-12-17(25)22-14-7-6-10-16(11-14)27-2/h3-11H,12H2,1-2H3,(H,22,25). The molecule has 0 aliphatic rings. The van der Waals surface area contributed by atoms with Gasteiger partial charge in [0, 0.05) is 11.8 Å². The van der Waals surface area contributed by atoms with Crippen LogP contribution in [0.15, 0.2) is 54.6 Å². The largest absolute Gasteiger partial charge is 0.497 e. The first-order valence-electron chi connectivity index (χ1n) is 8.41. The van der Waals surface area contributed by atoms with Gasteiger partial charge in [-0.25, -0.2) is 9.48 Å². The van der Waals surface area contributed by atoms with Crippen LogP contribution in [0.25, 0.3) is 5.69 Å². The predicted molar refractivity (Wildman–Crippen MR) is 105 cm³/mol. The number of aryl methyl sites for hydroxylation is 1. The lowest BCUT2D eigenvalue weighted by Crippen LogP contribution is -2.21. The summed E-state index contributed by atoms with van der Waals surface area (Å²) in [5.41, 5.74) is 1.78. The van der Waals surface area contributed by atoms with Crippen LogP contribution in [-0.2, 0) is 9.53 Å². The van der Waals surface area contributed by atoms with Gasteiger partial charge in [-0.1, -0.05) is 35.9 Å². The molecule has 1 amide bonds. The number of ether oxygens (including phenoxy) is 2. The Kier molecular flexibility index (Phi) is 5.96. The molecule has 0 spiro atoms. The third-order valence-corrected chi connectivity index (χ3v) is 4.25. The molecular weight excluding hydrogens is 382 g/mol. The molecule has 1 aromatic heterocycles. The monoisotopic (exact) mass is 399 g/mol. The summed E-state index contributed by atoms with van der Waals surface area (Å²) in [5, 5.41) is 7.05. The third-order valence-electron chi connectivity index (χ3n) is 3.90. The van der Waals surface area contributed by atoms with Crippen molar-refractivity contribution in [3.05, 3.63) is 71.0 Å². The topological polar surface area (TPSA) is 82.4 Å². The van der Waals surface area contributed by atoms with Crippen molar-refractivity contribution >= 4 is 29.2 Å². The highest BCUT2D eigenvalue weighted by Crippen LogP contribution is 2.24. The summed E-state index contributed by atoms with van der Waals surface area (Å²) in [6, 6.07) is 16.0. The molecule has 1 N–H and O–H groups in total. The van der Waals surface area contributed by atoms with E-state index < -0.39 is 18.5 Å². The minimum Gasteiger partial charge on any atom is -0.497 e. The summed E-state index contributed by atoms with van der Waals surface area (Å²) < 4.78 is 11.7. The van der Waals surface area contributed by atoms with Gasteiger partial charge in [0.05, 0.1) is 18.5 Å². The van der Waals surface area contributed by atoms with E-state index in [-0.39, 0.29) is 10.7 Å². The summed E-state index contributed by atoms with van der Waals surface area (Å²) in [4.78, 5) is 24.5. The molecule has 0 radical (unpaired) electrons. The molecule has 0 saturated heterocycles. The van der Waals surface area contributed by atoms with Crippen LogP contribution in [0.1, 0.15) is 16.1 Å². The second-order valence-corrected chi connectivity index (χ2v) is 6.21. The average Bonchev–Trinajstić information content (AvgIpc) is 3.01. The van der Waals surface area contributed by atoms with Gasteiger partial charge in [0.25, 0.3) is 5.91 Å². The average molecular weight is 400 g/mol. The number of anilines is 1. The van der Waals surface area contributed by atoms with Crippen LogP contribution in [0.5, 0.6) is 5.75 Å². The SMILES string of the molecule is COc1cccc(NC(=O)COC(=O)c2c(C)nn(-c3ccccc3)c2Cl)c1. The zero-order valence-electron chi connectivity index (χ0n) is 15.3.